The fourth-order valence-corrected chi connectivity index (χ4v) is 1.85. The number of nitrogens with zero attached hydrogens (tertiary/aromatic N) is 3. The van der Waals surface area contributed by atoms with Crippen molar-refractivity contribution in [1.29, 1.82) is 0 Å². The van der Waals surface area contributed by atoms with Crippen LogP contribution in [0.15, 0.2) is 27.9 Å². The van der Waals surface area contributed by atoms with E-state index in [2.05, 4.69) is 26.0 Å². The topological polar surface area (TPSA) is 96.7 Å². The van der Waals surface area contributed by atoms with Crippen LogP contribution in [0.5, 0.6) is 11.5 Å². The predicted molar refractivity (Wildman–Crippen MR) is 71.8 cm³/mol. The van der Waals surface area contributed by atoms with E-state index in [4.69, 9.17) is 5.73 Å². The van der Waals surface area contributed by atoms with E-state index in [1.165, 1.54) is 23.0 Å². The van der Waals surface area contributed by atoms with Gasteiger partial charge in [-0.1, -0.05) is 0 Å². The quantitative estimate of drug-likeness (QED) is 0.582. The first-order valence-electron chi connectivity index (χ1n) is 5.05. The van der Waals surface area contributed by atoms with Gasteiger partial charge in [0.05, 0.1) is 28.1 Å². The second kappa shape index (κ2) is 4.69. The van der Waals surface area contributed by atoms with Crippen molar-refractivity contribution in [3.63, 3.8) is 0 Å². The SMILES string of the molecule is Cc1cn(N=Cc2c(O)ccc(O)c2Br)c(N)n1. The monoisotopic (exact) mass is 310 g/mol. The van der Waals surface area contributed by atoms with E-state index >= 15 is 0 Å². The van der Waals surface area contributed by atoms with Crippen molar-refractivity contribution < 1.29 is 10.2 Å². The van der Waals surface area contributed by atoms with Gasteiger partial charge in [-0.25, -0.2) is 9.66 Å². The molecule has 2 aromatic rings. The molecule has 0 unspecified atom stereocenters. The fraction of sp³-hybridized carbons (Fsp3) is 0.0909. The Balaban J connectivity index is 2.40. The summed E-state index contributed by atoms with van der Waals surface area (Å²) in [6, 6.07) is 2.76. The molecule has 0 radical (unpaired) electrons. The van der Waals surface area contributed by atoms with Gasteiger partial charge < -0.3 is 15.9 Å². The smallest absolute Gasteiger partial charge is 0.221 e. The number of halogens is 1. The maximum atomic E-state index is 9.68. The maximum Gasteiger partial charge on any atom is 0.221 e. The Hall–Kier alpha value is -2.02. The second-order valence-corrected chi connectivity index (χ2v) is 4.45. The number of phenols is 2. The Morgan fingerprint density at radius 1 is 1.39 bits per heavy atom. The summed E-state index contributed by atoms with van der Waals surface area (Å²) in [5.74, 6) is 0.266. The summed E-state index contributed by atoms with van der Waals surface area (Å²) in [5, 5.41) is 23.3. The van der Waals surface area contributed by atoms with Gasteiger partial charge in [-0.05, 0) is 35.0 Å². The Labute approximate surface area is 112 Å². The van der Waals surface area contributed by atoms with Gasteiger partial charge in [0.1, 0.15) is 11.5 Å². The summed E-state index contributed by atoms with van der Waals surface area (Å²) >= 11 is 3.17. The first-order valence-corrected chi connectivity index (χ1v) is 5.84. The molecule has 2 rings (SSSR count). The number of hydrogen-bond donors (Lipinski definition) is 3. The lowest BCUT2D eigenvalue weighted by Crippen LogP contribution is -1.97. The summed E-state index contributed by atoms with van der Waals surface area (Å²) in [7, 11) is 0. The number of hydrogen-bond acceptors (Lipinski definition) is 5. The van der Waals surface area contributed by atoms with Crippen molar-refractivity contribution in [2.45, 2.75) is 6.92 Å². The highest BCUT2D eigenvalue weighted by Crippen LogP contribution is 2.32. The molecule has 1 aromatic carbocycles. The summed E-state index contributed by atoms with van der Waals surface area (Å²) in [5.41, 5.74) is 6.73. The van der Waals surface area contributed by atoms with Gasteiger partial charge in [-0.3, -0.25) is 0 Å². The van der Waals surface area contributed by atoms with Gasteiger partial charge >= 0.3 is 0 Å². The number of nitrogens with two attached hydrogens (primary N) is 1. The Morgan fingerprint density at radius 3 is 2.67 bits per heavy atom. The van der Waals surface area contributed by atoms with Crippen LogP contribution in [0.25, 0.3) is 0 Å². The van der Waals surface area contributed by atoms with Crippen molar-refractivity contribution in [2.24, 2.45) is 5.10 Å². The van der Waals surface area contributed by atoms with E-state index in [0.717, 1.165) is 5.69 Å². The zero-order valence-corrected chi connectivity index (χ0v) is 11.1. The van der Waals surface area contributed by atoms with E-state index < -0.39 is 0 Å². The van der Waals surface area contributed by atoms with Crippen molar-refractivity contribution in [3.05, 3.63) is 34.1 Å². The highest BCUT2D eigenvalue weighted by Gasteiger charge is 2.08. The van der Waals surface area contributed by atoms with Gasteiger partial charge in [0.25, 0.3) is 0 Å². The van der Waals surface area contributed by atoms with Crippen molar-refractivity contribution in [2.75, 3.05) is 5.73 Å². The van der Waals surface area contributed by atoms with E-state index in [-0.39, 0.29) is 17.4 Å². The minimum Gasteiger partial charge on any atom is -0.507 e. The van der Waals surface area contributed by atoms with Gasteiger partial charge in [0.2, 0.25) is 5.95 Å². The van der Waals surface area contributed by atoms with Crippen molar-refractivity contribution in [1.82, 2.24) is 9.66 Å². The molecule has 0 spiro atoms. The van der Waals surface area contributed by atoms with Crippen LogP contribution in [0.1, 0.15) is 11.3 Å². The molecule has 6 nitrogen and oxygen atoms in total. The van der Waals surface area contributed by atoms with E-state index in [1.54, 1.807) is 13.1 Å². The predicted octanol–water partition coefficient (Wildman–Crippen LogP) is 1.83. The zero-order valence-electron chi connectivity index (χ0n) is 9.50. The molecule has 0 aliphatic heterocycles. The maximum absolute atomic E-state index is 9.68. The Bertz CT molecular complexity index is 622. The zero-order chi connectivity index (χ0) is 13.3. The normalized spacial score (nSPS) is 11.2. The molecule has 7 heteroatoms. The molecule has 4 N–H and O–H groups in total. The highest BCUT2D eigenvalue weighted by molar-refractivity contribution is 9.10. The number of anilines is 1. The van der Waals surface area contributed by atoms with E-state index in [0.29, 0.717) is 10.0 Å². The minimum absolute atomic E-state index is 0.00108. The number of imidazole rings is 1. The molecule has 0 atom stereocenters. The van der Waals surface area contributed by atoms with Crippen molar-refractivity contribution >= 4 is 28.1 Å². The average molecular weight is 311 g/mol. The lowest BCUT2D eigenvalue weighted by Gasteiger charge is -2.04. The van der Waals surface area contributed by atoms with Crippen LogP contribution >= 0.6 is 15.9 Å². The molecule has 94 valence electrons. The number of aromatic hydroxyl groups is 2. The lowest BCUT2D eigenvalue weighted by molar-refractivity contribution is 0.456. The lowest BCUT2D eigenvalue weighted by atomic mass is 10.2. The summed E-state index contributed by atoms with van der Waals surface area (Å²) < 4.78 is 1.74. The van der Waals surface area contributed by atoms with Crippen LogP contribution in [-0.4, -0.2) is 26.1 Å². The first kappa shape index (κ1) is 12.4. The molecule has 0 saturated heterocycles. The van der Waals surface area contributed by atoms with Crippen LogP contribution < -0.4 is 5.73 Å². The fourth-order valence-electron chi connectivity index (χ4n) is 1.41. The number of phenolic OH excluding ortho intramolecular Hbond substituents is 2. The number of aryl methyl sites for hydroxylation is 1. The van der Waals surface area contributed by atoms with Crippen LogP contribution in [0.3, 0.4) is 0 Å². The third-order valence-electron chi connectivity index (χ3n) is 2.28. The number of nitrogen functional groups attached to an aromatic ring is 1. The second-order valence-electron chi connectivity index (χ2n) is 3.66. The molecule has 0 aliphatic carbocycles. The standard InChI is InChI=1S/C11H11BrN4O2/c1-6-5-16(11(13)15-6)14-4-7-8(17)2-3-9(18)10(7)12/h2-5,17-18H,1H3,(H2,13,15). The third-order valence-corrected chi connectivity index (χ3v) is 3.12. The molecule has 0 saturated carbocycles. The molecule has 0 amide bonds. The first-order chi connectivity index (χ1) is 8.49. The molecule has 0 fully saturated rings. The van der Waals surface area contributed by atoms with Crippen LogP contribution in [-0.2, 0) is 0 Å². The minimum atomic E-state index is -0.00108. The Kier molecular flexibility index (Phi) is 3.24. The molecule has 0 bridgehead atoms. The van der Waals surface area contributed by atoms with Crippen molar-refractivity contribution in [3.8, 4) is 11.5 Å². The number of aromatic nitrogens is 2. The molecular formula is C11H11BrN4O2. The van der Waals surface area contributed by atoms with Gasteiger partial charge in [0.15, 0.2) is 0 Å². The summed E-state index contributed by atoms with van der Waals surface area (Å²) in [6.45, 7) is 1.80. The Morgan fingerprint density at radius 2 is 2.06 bits per heavy atom. The third kappa shape index (κ3) is 2.30. The van der Waals surface area contributed by atoms with Gasteiger partial charge in [-0.15, -0.1) is 0 Å². The van der Waals surface area contributed by atoms with Crippen LogP contribution in [0.2, 0.25) is 0 Å². The highest BCUT2D eigenvalue weighted by atomic mass is 79.9. The molecule has 0 aliphatic rings. The largest absolute Gasteiger partial charge is 0.507 e. The molecule has 18 heavy (non-hydrogen) atoms. The van der Waals surface area contributed by atoms with Crippen LogP contribution in [0, 0.1) is 6.92 Å². The van der Waals surface area contributed by atoms with Crippen LogP contribution in [0.4, 0.5) is 5.95 Å². The summed E-state index contributed by atoms with van der Waals surface area (Å²) in [4.78, 5) is 3.99. The van der Waals surface area contributed by atoms with Gasteiger partial charge in [0, 0.05) is 0 Å². The van der Waals surface area contributed by atoms with E-state index in [9.17, 15) is 10.2 Å². The summed E-state index contributed by atoms with van der Waals surface area (Å²) in [6.07, 6.45) is 3.04. The molecule has 1 aromatic heterocycles. The molecular weight excluding hydrogens is 300 g/mol. The number of benzene rings is 1. The van der Waals surface area contributed by atoms with Gasteiger partial charge in [-0.2, -0.15) is 5.10 Å². The molecule has 1 heterocycles. The van der Waals surface area contributed by atoms with E-state index in [1.807, 2.05) is 0 Å². The number of rotatable bonds is 2. The average Bonchev–Trinajstić information content (AvgIpc) is 2.63.